The average Bonchev–Trinajstić information content (AvgIpc) is 3.34. The van der Waals surface area contributed by atoms with Gasteiger partial charge in [-0.2, -0.15) is 0 Å². The Kier molecular flexibility index (Phi) is 6.40. The van der Waals surface area contributed by atoms with E-state index >= 15 is 0 Å². The number of benzene rings is 1. The molecule has 6 heteroatoms. The maximum absolute atomic E-state index is 13.3. The van der Waals surface area contributed by atoms with Crippen LogP contribution in [0, 0.1) is 23.6 Å². The second-order valence-corrected chi connectivity index (χ2v) is 9.00. The van der Waals surface area contributed by atoms with Gasteiger partial charge in [0.25, 0.3) is 0 Å². The summed E-state index contributed by atoms with van der Waals surface area (Å²) >= 11 is 0. The lowest BCUT2D eigenvalue weighted by molar-refractivity contribution is -0.0876. The number of rotatable bonds is 5. The quantitative estimate of drug-likeness (QED) is 0.730. The van der Waals surface area contributed by atoms with Gasteiger partial charge in [0.05, 0.1) is 23.8 Å². The number of piperidine rings is 3. The molecule has 5 nitrogen and oxygen atoms in total. The number of aliphatic hydroxyl groups is 1. The summed E-state index contributed by atoms with van der Waals surface area (Å²) < 4.78 is 24.9. The Balaban J connectivity index is 1.30. The number of nitrogens with zero attached hydrogens (tertiary/aromatic N) is 2. The fourth-order valence-electron chi connectivity index (χ4n) is 5.18. The van der Waals surface area contributed by atoms with E-state index in [-0.39, 0.29) is 36.0 Å². The number of hydrogen-bond acceptors (Lipinski definition) is 5. The molecule has 4 fully saturated rings. The zero-order valence-corrected chi connectivity index (χ0v) is 18.1. The standard InChI is InChI=1S/C26H29FN2O3/c27-21-8-5-18(6-9-21)15-24-25(30)20-11-13-29(24)22(16-20)10-7-19-3-1-12-28-26(19)32-17-23-4-2-14-31-23/h1,3,5-6,8-9,12,20,22-25,30H,2,4,11,13-17H2. The van der Waals surface area contributed by atoms with Gasteiger partial charge >= 0.3 is 0 Å². The van der Waals surface area contributed by atoms with E-state index in [4.69, 9.17) is 9.47 Å². The first-order valence-corrected chi connectivity index (χ1v) is 11.6. The molecule has 1 aromatic carbocycles. The third kappa shape index (κ3) is 4.66. The summed E-state index contributed by atoms with van der Waals surface area (Å²) in [5.74, 6) is 7.29. The Morgan fingerprint density at radius 3 is 2.91 bits per heavy atom. The van der Waals surface area contributed by atoms with Gasteiger partial charge in [0.2, 0.25) is 5.88 Å². The van der Waals surface area contributed by atoms with Crippen LogP contribution in [0.2, 0.25) is 0 Å². The predicted molar refractivity (Wildman–Crippen MR) is 119 cm³/mol. The third-order valence-corrected chi connectivity index (χ3v) is 6.92. The second-order valence-electron chi connectivity index (χ2n) is 9.00. The minimum atomic E-state index is -0.379. The van der Waals surface area contributed by atoms with Gasteiger partial charge in [-0.3, -0.25) is 4.90 Å². The van der Waals surface area contributed by atoms with Crippen LogP contribution in [-0.2, 0) is 11.2 Å². The molecule has 0 spiro atoms. The van der Waals surface area contributed by atoms with Gasteiger partial charge in [-0.1, -0.05) is 24.0 Å². The molecule has 4 aliphatic heterocycles. The predicted octanol–water partition coefficient (Wildman–Crippen LogP) is 3.20. The highest BCUT2D eigenvalue weighted by Crippen LogP contribution is 2.37. The summed E-state index contributed by atoms with van der Waals surface area (Å²) in [6.07, 6.45) is 6.11. The van der Waals surface area contributed by atoms with Crippen LogP contribution in [-0.4, -0.2) is 59.0 Å². The van der Waals surface area contributed by atoms with E-state index in [0.717, 1.165) is 50.0 Å². The average molecular weight is 437 g/mol. The van der Waals surface area contributed by atoms with Crippen molar-refractivity contribution < 1.29 is 19.0 Å². The summed E-state index contributed by atoms with van der Waals surface area (Å²) in [4.78, 5) is 6.70. The number of fused-ring (bicyclic) bond motifs is 3. The van der Waals surface area contributed by atoms with Crippen molar-refractivity contribution in [3.05, 3.63) is 59.5 Å². The van der Waals surface area contributed by atoms with Gasteiger partial charge in [-0.15, -0.1) is 0 Å². The van der Waals surface area contributed by atoms with Crippen molar-refractivity contribution >= 4 is 0 Å². The molecule has 6 rings (SSSR count). The molecule has 168 valence electrons. The van der Waals surface area contributed by atoms with Crippen LogP contribution < -0.4 is 4.74 Å². The number of halogens is 1. The van der Waals surface area contributed by atoms with Crippen LogP contribution in [0.25, 0.3) is 0 Å². The molecule has 2 aromatic rings. The fourth-order valence-corrected chi connectivity index (χ4v) is 5.18. The van der Waals surface area contributed by atoms with Crippen LogP contribution in [0.4, 0.5) is 4.39 Å². The lowest BCUT2D eigenvalue weighted by Gasteiger charge is -2.52. The van der Waals surface area contributed by atoms with E-state index in [1.165, 1.54) is 12.1 Å². The Morgan fingerprint density at radius 1 is 1.22 bits per heavy atom. The molecular formula is C26H29FN2O3. The monoisotopic (exact) mass is 436 g/mol. The highest BCUT2D eigenvalue weighted by molar-refractivity contribution is 5.42. The Labute approximate surface area is 188 Å². The molecule has 5 heterocycles. The first-order chi connectivity index (χ1) is 15.7. The smallest absolute Gasteiger partial charge is 0.229 e. The van der Waals surface area contributed by atoms with Gasteiger partial charge in [0, 0.05) is 25.4 Å². The first kappa shape index (κ1) is 21.4. The van der Waals surface area contributed by atoms with Crippen molar-refractivity contribution in [3.8, 4) is 17.7 Å². The van der Waals surface area contributed by atoms with Gasteiger partial charge in [-0.05, 0) is 67.9 Å². The zero-order chi connectivity index (χ0) is 21.9. The summed E-state index contributed by atoms with van der Waals surface area (Å²) in [6.45, 7) is 2.21. The zero-order valence-electron chi connectivity index (χ0n) is 18.1. The molecule has 32 heavy (non-hydrogen) atoms. The van der Waals surface area contributed by atoms with Crippen molar-refractivity contribution in [1.82, 2.24) is 9.88 Å². The Bertz CT molecular complexity index is 981. The Morgan fingerprint density at radius 2 is 2.09 bits per heavy atom. The molecule has 0 amide bonds. The largest absolute Gasteiger partial charge is 0.474 e. The lowest BCUT2D eigenvalue weighted by Crippen LogP contribution is -2.62. The van der Waals surface area contributed by atoms with Crippen LogP contribution >= 0.6 is 0 Å². The molecule has 0 saturated carbocycles. The van der Waals surface area contributed by atoms with Crippen molar-refractivity contribution in [2.45, 2.75) is 56.4 Å². The molecule has 2 bridgehead atoms. The minimum absolute atomic E-state index is 0.00334. The molecule has 0 radical (unpaired) electrons. The van der Waals surface area contributed by atoms with Crippen LogP contribution in [0.1, 0.15) is 36.8 Å². The first-order valence-electron chi connectivity index (χ1n) is 11.6. The number of aromatic nitrogens is 1. The highest BCUT2D eigenvalue weighted by Gasteiger charge is 2.45. The maximum atomic E-state index is 13.3. The van der Waals surface area contributed by atoms with Crippen LogP contribution in [0.5, 0.6) is 5.88 Å². The van der Waals surface area contributed by atoms with Crippen LogP contribution in [0.15, 0.2) is 42.6 Å². The van der Waals surface area contributed by atoms with Crippen molar-refractivity contribution in [2.24, 2.45) is 5.92 Å². The minimum Gasteiger partial charge on any atom is -0.474 e. The molecule has 1 aromatic heterocycles. The van der Waals surface area contributed by atoms with E-state index in [1.807, 2.05) is 12.1 Å². The summed E-state index contributed by atoms with van der Waals surface area (Å²) in [7, 11) is 0. The Hall–Kier alpha value is -2.46. The van der Waals surface area contributed by atoms with Gasteiger partial charge in [0.1, 0.15) is 12.4 Å². The third-order valence-electron chi connectivity index (χ3n) is 6.92. The van der Waals surface area contributed by atoms with E-state index in [9.17, 15) is 9.50 Å². The van der Waals surface area contributed by atoms with E-state index in [2.05, 4.69) is 21.7 Å². The van der Waals surface area contributed by atoms with Gasteiger partial charge in [0.15, 0.2) is 0 Å². The number of pyridine rings is 1. The molecule has 4 aliphatic rings. The van der Waals surface area contributed by atoms with Crippen molar-refractivity contribution in [3.63, 3.8) is 0 Å². The fraction of sp³-hybridized carbons (Fsp3) is 0.500. The number of ether oxygens (including phenoxy) is 2. The summed E-state index contributed by atoms with van der Waals surface area (Å²) in [5.41, 5.74) is 1.82. The molecule has 6 unspecified atom stereocenters. The maximum Gasteiger partial charge on any atom is 0.229 e. The van der Waals surface area contributed by atoms with Gasteiger partial charge in [-0.25, -0.2) is 9.37 Å². The number of aliphatic hydroxyl groups excluding tert-OH is 1. The highest BCUT2D eigenvalue weighted by atomic mass is 19.1. The molecular weight excluding hydrogens is 407 g/mol. The van der Waals surface area contributed by atoms with Crippen LogP contribution in [0.3, 0.4) is 0 Å². The van der Waals surface area contributed by atoms with Gasteiger partial charge < -0.3 is 14.6 Å². The van der Waals surface area contributed by atoms with E-state index in [1.54, 1.807) is 18.3 Å². The SMILES string of the molecule is OC1C2CCN(C(C#Cc3cccnc3OCC3CCCO3)C2)C1Cc1ccc(F)cc1. The normalized spacial score (nSPS) is 31.2. The summed E-state index contributed by atoms with van der Waals surface area (Å²) in [5, 5.41) is 10.9. The topological polar surface area (TPSA) is 54.8 Å². The van der Waals surface area contributed by atoms with Crippen molar-refractivity contribution in [1.29, 1.82) is 0 Å². The van der Waals surface area contributed by atoms with E-state index < -0.39 is 0 Å². The molecule has 1 N–H and O–H groups in total. The lowest BCUT2D eigenvalue weighted by atomic mass is 9.75. The second kappa shape index (κ2) is 9.58. The molecule has 0 aliphatic carbocycles. The molecule has 6 atom stereocenters. The molecule has 4 saturated heterocycles. The van der Waals surface area contributed by atoms with E-state index in [0.29, 0.717) is 18.9 Å². The van der Waals surface area contributed by atoms with Crippen molar-refractivity contribution in [2.75, 3.05) is 19.8 Å². The number of hydrogen-bond donors (Lipinski definition) is 1. The summed E-state index contributed by atoms with van der Waals surface area (Å²) in [6, 6.07) is 10.5.